The van der Waals surface area contributed by atoms with Crippen molar-refractivity contribution in [2.45, 2.75) is 45.1 Å². The van der Waals surface area contributed by atoms with Gasteiger partial charge in [0.15, 0.2) is 5.82 Å². The molecule has 0 atom stereocenters. The molecule has 0 radical (unpaired) electrons. The number of amides is 1. The van der Waals surface area contributed by atoms with Crippen LogP contribution in [0.25, 0.3) is 0 Å². The van der Waals surface area contributed by atoms with Gasteiger partial charge in [0.2, 0.25) is 17.8 Å². The second-order valence-corrected chi connectivity index (χ2v) is 6.64. The van der Waals surface area contributed by atoms with E-state index in [1.807, 2.05) is 19.0 Å². The number of carbonyl (C=O) groups excluding carboxylic acids is 1. The first-order valence-electron chi connectivity index (χ1n) is 8.58. The molecular formula is C16H26N6O. The van der Waals surface area contributed by atoms with Crippen LogP contribution in [0.15, 0.2) is 0 Å². The predicted octanol–water partition coefficient (Wildman–Crippen LogP) is 1.34. The van der Waals surface area contributed by atoms with Gasteiger partial charge in [-0.1, -0.05) is 12.8 Å². The Balaban J connectivity index is 1.70. The lowest BCUT2D eigenvalue weighted by atomic mass is 10.1. The van der Waals surface area contributed by atoms with Crippen molar-refractivity contribution in [1.29, 1.82) is 0 Å². The summed E-state index contributed by atoms with van der Waals surface area (Å²) in [5.74, 6) is 2.32. The number of hydrogen-bond acceptors (Lipinski definition) is 6. The van der Waals surface area contributed by atoms with E-state index >= 15 is 0 Å². The minimum absolute atomic E-state index is 0.136. The predicted molar refractivity (Wildman–Crippen MR) is 89.4 cm³/mol. The summed E-state index contributed by atoms with van der Waals surface area (Å²) in [5.41, 5.74) is 0. The Morgan fingerprint density at radius 2 is 1.83 bits per heavy atom. The average molecular weight is 318 g/mol. The summed E-state index contributed by atoms with van der Waals surface area (Å²) in [6, 6.07) is 0. The Hall–Kier alpha value is -1.92. The van der Waals surface area contributed by atoms with Crippen molar-refractivity contribution in [1.82, 2.24) is 20.3 Å². The van der Waals surface area contributed by atoms with E-state index in [9.17, 15) is 4.79 Å². The third kappa shape index (κ3) is 3.89. The van der Waals surface area contributed by atoms with E-state index in [2.05, 4.69) is 25.2 Å². The molecule has 0 unspecified atom stereocenters. The molecule has 23 heavy (non-hydrogen) atoms. The van der Waals surface area contributed by atoms with Crippen molar-refractivity contribution in [3.63, 3.8) is 0 Å². The van der Waals surface area contributed by atoms with Gasteiger partial charge in [-0.3, -0.25) is 4.79 Å². The molecule has 7 nitrogen and oxygen atoms in total. The molecule has 1 amide bonds. The van der Waals surface area contributed by atoms with Crippen LogP contribution in [0.2, 0.25) is 0 Å². The molecule has 1 saturated carbocycles. The summed E-state index contributed by atoms with van der Waals surface area (Å²) in [6.45, 7) is 2.36. The maximum atomic E-state index is 12.2. The fraction of sp³-hybridized carbons (Fsp3) is 0.750. The molecular weight excluding hydrogens is 292 g/mol. The molecule has 2 fully saturated rings. The molecule has 1 N–H and O–H groups in total. The molecule has 1 aliphatic carbocycles. The van der Waals surface area contributed by atoms with Crippen LogP contribution >= 0.6 is 0 Å². The number of carbonyl (C=O) groups is 1. The van der Waals surface area contributed by atoms with E-state index in [1.54, 1.807) is 0 Å². The summed E-state index contributed by atoms with van der Waals surface area (Å²) in [5, 5.41) is 3.00. The number of anilines is 2. The van der Waals surface area contributed by atoms with Gasteiger partial charge in [-0.05, 0) is 25.7 Å². The Labute approximate surface area is 137 Å². The lowest BCUT2D eigenvalue weighted by Gasteiger charge is -2.19. The molecule has 1 aliphatic heterocycles. The highest BCUT2D eigenvalue weighted by Gasteiger charge is 2.23. The summed E-state index contributed by atoms with van der Waals surface area (Å²) >= 11 is 0. The minimum atomic E-state index is 0.136. The summed E-state index contributed by atoms with van der Waals surface area (Å²) in [4.78, 5) is 29.8. The minimum Gasteiger partial charge on any atom is -0.349 e. The molecule has 3 rings (SSSR count). The summed E-state index contributed by atoms with van der Waals surface area (Å²) in [6.07, 6.45) is 6.69. The van der Waals surface area contributed by atoms with Gasteiger partial charge in [0.25, 0.3) is 0 Å². The van der Waals surface area contributed by atoms with Crippen molar-refractivity contribution >= 4 is 17.8 Å². The molecule has 0 spiro atoms. The van der Waals surface area contributed by atoms with Crippen LogP contribution in [0.4, 0.5) is 11.9 Å². The fourth-order valence-corrected chi connectivity index (χ4v) is 3.23. The highest BCUT2D eigenvalue weighted by atomic mass is 16.1. The zero-order chi connectivity index (χ0) is 16.2. The van der Waals surface area contributed by atoms with Gasteiger partial charge in [-0.25, -0.2) is 0 Å². The van der Waals surface area contributed by atoms with E-state index in [4.69, 9.17) is 0 Å². The van der Waals surface area contributed by atoms with Gasteiger partial charge in [-0.15, -0.1) is 0 Å². The van der Waals surface area contributed by atoms with Crippen LogP contribution in [-0.4, -0.2) is 48.0 Å². The maximum absolute atomic E-state index is 12.2. The first-order valence-corrected chi connectivity index (χ1v) is 8.58. The Morgan fingerprint density at radius 1 is 1.13 bits per heavy atom. The second-order valence-electron chi connectivity index (χ2n) is 6.64. The van der Waals surface area contributed by atoms with Crippen molar-refractivity contribution < 1.29 is 4.79 Å². The van der Waals surface area contributed by atoms with E-state index in [-0.39, 0.29) is 11.8 Å². The molecule has 0 bridgehead atoms. The topological polar surface area (TPSA) is 74.2 Å². The smallest absolute Gasteiger partial charge is 0.230 e. The van der Waals surface area contributed by atoms with Crippen molar-refractivity contribution in [3.8, 4) is 0 Å². The van der Waals surface area contributed by atoms with Gasteiger partial charge in [0.1, 0.15) is 0 Å². The van der Waals surface area contributed by atoms with Gasteiger partial charge < -0.3 is 15.1 Å². The lowest BCUT2D eigenvalue weighted by Crippen LogP contribution is -2.30. The van der Waals surface area contributed by atoms with Crippen LogP contribution in [-0.2, 0) is 11.3 Å². The van der Waals surface area contributed by atoms with E-state index in [0.29, 0.717) is 18.3 Å². The molecule has 126 valence electrons. The van der Waals surface area contributed by atoms with Crippen LogP contribution < -0.4 is 15.1 Å². The van der Waals surface area contributed by atoms with Gasteiger partial charge in [0, 0.05) is 33.1 Å². The first kappa shape index (κ1) is 16.0. The molecule has 2 heterocycles. The summed E-state index contributed by atoms with van der Waals surface area (Å²) in [7, 11) is 3.84. The van der Waals surface area contributed by atoms with Crippen LogP contribution in [0, 0.1) is 5.92 Å². The SMILES string of the molecule is CN(C)c1nc(CNC(=O)C2CCCC2)nc(N2CCCC2)n1. The van der Waals surface area contributed by atoms with Crippen LogP contribution in [0.3, 0.4) is 0 Å². The maximum Gasteiger partial charge on any atom is 0.230 e. The summed E-state index contributed by atoms with van der Waals surface area (Å²) < 4.78 is 0. The largest absolute Gasteiger partial charge is 0.349 e. The third-order valence-electron chi connectivity index (χ3n) is 4.59. The van der Waals surface area contributed by atoms with Gasteiger partial charge >= 0.3 is 0 Å². The van der Waals surface area contributed by atoms with Crippen LogP contribution in [0.1, 0.15) is 44.3 Å². The molecule has 0 aromatic carbocycles. The quantitative estimate of drug-likeness (QED) is 0.883. The molecule has 1 aromatic heterocycles. The number of nitrogens with zero attached hydrogens (tertiary/aromatic N) is 5. The lowest BCUT2D eigenvalue weighted by molar-refractivity contribution is -0.125. The van der Waals surface area contributed by atoms with E-state index in [0.717, 1.165) is 44.7 Å². The first-order chi connectivity index (χ1) is 11.1. The third-order valence-corrected chi connectivity index (χ3v) is 4.59. The average Bonchev–Trinajstić information content (AvgIpc) is 3.25. The molecule has 7 heteroatoms. The van der Waals surface area contributed by atoms with Crippen molar-refractivity contribution in [2.24, 2.45) is 5.92 Å². The van der Waals surface area contributed by atoms with Crippen molar-refractivity contribution in [3.05, 3.63) is 5.82 Å². The number of aromatic nitrogens is 3. The normalized spacial score (nSPS) is 18.4. The standard InChI is InChI=1S/C16H26N6O/c1-21(2)15-18-13(11-17-14(23)12-7-3-4-8-12)19-16(20-15)22-9-5-6-10-22/h12H,3-11H2,1-2H3,(H,17,23). The highest BCUT2D eigenvalue weighted by molar-refractivity contribution is 5.78. The van der Waals surface area contributed by atoms with Gasteiger partial charge in [-0.2, -0.15) is 15.0 Å². The Bertz CT molecular complexity index is 550. The van der Waals surface area contributed by atoms with E-state index < -0.39 is 0 Å². The molecule has 1 aromatic rings. The number of rotatable bonds is 5. The zero-order valence-electron chi connectivity index (χ0n) is 14.1. The number of nitrogens with one attached hydrogen (secondary N) is 1. The number of hydrogen-bond donors (Lipinski definition) is 1. The molecule has 2 aliphatic rings. The Kier molecular flexibility index (Phi) is 4.93. The Morgan fingerprint density at radius 3 is 2.48 bits per heavy atom. The van der Waals surface area contributed by atoms with Crippen molar-refractivity contribution in [2.75, 3.05) is 37.0 Å². The highest BCUT2D eigenvalue weighted by Crippen LogP contribution is 2.24. The fourth-order valence-electron chi connectivity index (χ4n) is 3.23. The zero-order valence-corrected chi connectivity index (χ0v) is 14.1. The van der Waals surface area contributed by atoms with E-state index in [1.165, 1.54) is 12.8 Å². The van der Waals surface area contributed by atoms with Crippen LogP contribution in [0.5, 0.6) is 0 Å². The molecule has 1 saturated heterocycles. The second kappa shape index (κ2) is 7.10. The van der Waals surface area contributed by atoms with Gasteiger partial charge in [0.05, 0.1) is 6.54 Å². The monoisotopic (exact) mass is 318 g/mol.